The van der Waals surface area contributed by atoms with Crippen LogP contribution in [0.15, 0.2) is 106 Å². The van der Waals surface area contributed by atoms with Crippen molar-refractivity contribution in [2.24, 2.45) is 8.73 Å². The summed E-state index contributed by atoms with van der Waals surface area (Å²) in [6.07, 6.45) is 16.9. The number of aromatic hydroxyl groups is 1. The molecule has 1 unspecified atom stereocenters. The average molecular weight is 813 g/mol. The van der Waals surface area contributed by atoms with Gasteiger partial charge >= 0.3 is 16.4 Å². The number of nitrogens with zero attached hydrogens (tertiary/aromatic N) is 4. The number of phenols is 1. The molecule has 14 heteroatoms. The number of amides is 1. The van der Waals surface area contributed by atoms with Gasteiger partial charge in [0.1, 0.15) is 5.60 Å². The maximum absolute atomic E-state index is 13.6. The van der Waals surface area contributed by atoms with Crippen LogP contribution >= 0.6 is 0 Å². The summed E-state index contributed by atoms with van der Waals surface area (Å²) in [7, 11) is -6.40. The van der Waals surface area contributed by atoms with Crippen molar-refractivity contribution in [3.63, 3.8) is 0 Å². The number of carbonyl (C=O) groups excluding carboxylic acids is 1. The summed E-state index contributed by atoms with van der Waals surface area (Å²) in [5, 5.41) is 9.97. The largest absolute Gasteiger partial charge is 0.504 e. The molecule has 0 aliphatic carbocycles. The van der Waals surface area contributed by atoms with E-state index in [1.54, 1.807) is 100 Å². The highest BCUT2D eigenvalue weighted by Crippen LogP contribution is 2.37. The van der Waals surface area contributed by atoms with Gasteiger partial charge in [0.15, 0.2) is 23.0 Å². The molecule has 2 fully saturated rings. The fourth-order valence-electron chi connectivity index (χ4n) is 5.64. The number of hydrogen-bond acceptors (Lipinski definition) is 10. The summed E-state index contributed by atoms with van der Waals surface area (Å²) in [4.78, 5) is 13.3. The third-order valence-corrected chi connectivity index (χ3v) is 11.5. The second kappa shape index (κ2) is 19.5. The first-order valence-corrected chi connectivity index (χ1v) is 21.4. The number of para-hydroxylation sites is 4. The lowest BCUT2D eigenvalue weighted by atomic mass is 10.1. The van der Waals surface area contributed by atoms with Crippen LogP contribution in [-0.2, 0) is 25.2 Å². The molecule has 3 aliphatic rings. The predicted octanol–water partition coefficient (Wildman–Crippen LogP) is 9.34. The number of rotatable bonds is 5. The standard InChI is InChI=1S/C19H20N2O3S.C14H9NO3S.C10H19NO2/c1-2-16-10-12-17(13-11-16)20-25(23,21-14-6-3-7-15-21)24-19-9-5-4-8-18(19)22;1-2-11-7-9-12(10-8-11)15-19(16)17-13-5-3-4-6-14(13)18-19;1-10(2,3)13-9(12)11-7-5-4-6-8-11/h1,4-5,8-13,22H,3,6-7,14-15H2;1,3-10H;4-8H2,1-3H3. The molecule has 3 aliphatic heterocycles. The van der Waals surface area contributed by atoms with Crippen molar-refractivity contribution in [2.75, 3.05) is 26.2 Å². The minimum atomic E-state index is -3.21. The molecule has 1 atom stereocenters. The van der Waals surface area contributed by atoms with E-state index in [9.17, 15) is 18.3 Å². The Balaban J connectivity index is 0.000000172. The zero-order valence-corrected chi connectivity index (χ0v) is 34.0. The fourth-order valence-corrected chi connectivity index (χ4v) is 8.60. The highest BCUT2D eigenvalue weighted by Gasteiger charge is 2.28. The Bertz CT molecular complexity index is 2290. The van der Waals surface area contributed by atoms with Crippen LogP contribution in [0.3, 0.4) is 0 Å². The monoisotopic (exact) mass is 812 g/mol. The molecule has 7 rings (SSSR count). The molecule has 2 saturated heterocycles. The molecule has 0 spiro atoms. The molecule has 1 N–H and O–H groups in total. The number of phenolic OH excluding ortho intramolecular Hbond substituents is 1. The number of likely N-dealkylation sites (tertiary alicyclic amines) is 1. The summed E-state index contributed by atoms with van der Waals surface area (Å²) < 4.78 is 57.5. The van der Waals surface area contributed by atoms with E-state index in [0.717, 1.165) is 56.3 Å². The van der Waals surface area contributed by atoms with Crippen LogP contribution in [0.1, 0.15) is 70.4 Å². The highest BCUT2D eigenvalue weighted by atomic mass is 32.2. The van der Waals surface area contributed by atoms with E-state index >= 15 is 0 Å². The van der Waals surface area contributed by atoms with E-state index in [-0.39, 0.29) is 23.2 Å². The Morgan fingerprint density at radius 2 is 1.25 bits per heavy atom. The summed E-state index contributed by atoms with van der Waals surface area (Å²) >= 11 is 0. The SMILES string of the molecule is C#Cc1ccc(N=S(=O)(Oc2ccccc2O)N2CCCCC2)cc1.C#Cc1ccc(N=S2(=O)Oc3ccccc3O2)cc1.CC(C)(C)OC(=O)N1CCCCC1. The molecule has 1 amide bonds. The van der Waals surface area contributed by atoms with Gasteiger partial charge in [0, 0.05) is 37.3 Å². The molecule has 57 heavy (non-hydrogen) atoms. The third-order valence-electron chi connectivity index (χ3n) is 8.46. The zero-order valence-electron chi connectivity index (χ0n) is 32.4. The van der Waals surface area contributed by atoms with Gasteiger partial charge < -0.3 is 27.3 Å². The lowest BCUT2D eigenvalue weighted by Crippen LogP contribution is -2.39. The van der Waals surface area contributed by atoms with Crippen LogP contribution in [0, 0.1) is 24.7 Å². The number of carbonyl (C=O) groups is 1. The van der Waals surface area contributed by atoms with E-state index in [1.807, 2.05) is 20.8 Å². The Labute approximate surface area is 337 Å². The van der Waals surface area contributed by atoms with Gasteiger partial charge in [-0.1, -0.05) is 42.5 Å². The zero-order chi connectivity index (χ0) is 40.9. The number of piperidine rings is 2. The first kappa shape index (κ1) is 42.5. The summed E-state index contributed by atoms with van der Waals surface area (Å²) in [5.41, 5.74) is 2.09. The average Bonchev–Trinajstić information content (AvgIpc) is 3.55. The van der Waals surface area contributed by atoms with Gasteiger partial charge in [-0.3, -0.25) is 0 Å². The molecule has 300 valence electrons. The normalized spacial score (nSPS) is 16.7. The van der Waals surface area contributed by atoms with Crippen LogP contribution in [0.4, 0.5) is 16.2 Å². The van der Waals surface area contributed by atoms with Crippen molar-refractivity contribution in [1.29, 1.82) is 0 Å². The molecular formula is C43H48N4O8S2. The fraction of sp³-hybridized carbons (Fsp3) is 0.326. The lowest BCUT2D eigenvalue weighted by molar-refractivity contribution is 0.0216. The maximum Gasteiger partial charge on any atom is 0.410 e. The van der Waals surface area contributed by atoms with Crippen molar-refractivity contribution < 1.29 is 35.6 Å². The smallest absolute Gasteiger partial charge is 0.410 e. The molecular weight excluding hydrogens is 765 g/mol. The molecule has 3 heterocycles. The van der Waals surface area contributed by atoms with E-state index in [4.69, 9.17) is 30.1 Å². The topological polar surface area (TPSA) is 140 Å². The summed E-state index contributed by atoms with van der Waals surface area (Å²) in [6, 6.07) is 27.0. The van der Waals surface area contributed by atoms with Crippen LogP contribution < -0.4 is 12.5 Å². The maximum atomic E-state index is 13.6. The first-order chi connectivity index (χ1) is 27.3. The predicted molar refractivity (Wildman–Crippen MR) is 223 cm³/mol. The second-order valence-corrected chi connectivity index (χ2v) is 17.3. The minimum absolute atomic E-state index is 0.0647. The van der Waals surface area contributed by atoms with Gasteiger partial charge in [-0.15, -0.1) is 17.2 Å². The Kier molecular flexibility index (Phi) is 14.5. The molecule has 0 saturated carbocycles. The van der Waals surface area contributed by atoms with Crippen LogP contribution in [0.5, 0.6) is 23.0 Å². The van der Waals surface area contributed by atoms with Crippen molar-refractivity contribution >= 4 is 38.0 Å². The first-order valence-electron chi connectivity index (χ1n) is 18.6. The Morgan fingerprint density at radius 1 is 0.754 bits per heavy atom. The number of fused-ring (bicyclic) bond motifs is 1. The molecule has 12 nitrogen and oxygen atoms in total. The van der Waals surface area contributed by atoms with Crippen LogP contribution in [0.2, 0.25) is 0 Å². The van der Waals surface area contributed by atoms with Crippen LogP contribution in [0.25, 0.3) is 0 Å². The van der Waals surface area contributed by atoms with Gasteiger partial charge in [-0.2, -0.15) is 17.1 Å². The summed E-state index contributed by atoms with van der Waals surface area (Å²) in [5.74, 6) is 5.98. The molecule has 4 aromatic rings. The molecule has 0 radical (unpaired) electrons. The van der Waals surface area contributed by atoms with E-state index in [0.29, 0.717) is 36.0 Å². The van der Waals surface area contributed by atoms with Crippen LogP contribution in [-0.4, -0.2) is 60.6 Å². The van der Waals surface area contributed by atoms with E-state index in [2.05, 4.69) is 20.6 Å². The molecule has 0 aromatic heterocycles. The van der Waals surface area contributed by atoms with Crippen molar-refractivity contribution in [3.05, 3.63) is 108 Å². The minimum Gasteiger partial charge on any atom is -0.504 e. The number of ether oxygens (including phenoxy) is 1. The van der Waals surface area contributed by atoms with E-state index < -0.39 is 20.5 Å². The van der Waals surface area contributed by atoms with Gasteiger partial charge in [0.05, 0.1) is 11.4 Å². The number of benzene rings is 4. The van der Waals surface area contributed by atoms with Crippen molar-refractivity contribution in [1.82, 2.24) is 9.21 Å². The van der Waals surface area contributed by atoms with E-state index in [1.165, 1.54) is 12.5 Å². The Morgan fingerprint density at radius 3 is 1.75 bits per heavy atom. The van der Waals surface area contributed by atoms with Gasteiger partial charge in [-0.05, 0) is 126 Å². The molecule has 4 aromatic carbocycles. The van der Waals surface area contributed by atoms with Crippen molar-refractivity contribution in [3.8, 4) is 47.7 Å². The number of terminal acetylenes is 2. The quantitative estimate of drug-likeness (QED) is 0.197. The van der Waals surface area contributed by atoms with Gasteiger partial charge in [-0.25, -0.2) is 4.79 Å². The highest BCUT2D eigenvalue weighted by molar-refractivity contribution is 7.87. The second-order valence-electron chi connectivity index (χ2n) is 14.1. The Hall–Kier alpha value is -5.67. The molecule has 0 bridgehead atoms. The lowest BCUT2D eigenvalue weighted by Gasteiger charge is -2.29. The number of hydrogen-bond donors (Lipinski definition) is 1. The summed E-state index contributed by atoms with van der Waals surface area (Å²) in [6.45, 7) is 8.68. The van der Waals surface area contributed by atoms with Gasteiger partial charge in [0.2, 0.25) is 0 Å². The van der Waals surface area contributed by atoms with Crippen molar-refractivity contribution in [2.45, 2.75) is 64.9 Å². The van der Waals surface area contributed by atoms with Gasteiger partial charge in [0.25, 0.3) is 10.2 Å². The third kappa shape index (κ3) is 12.7.